The molecule has 0 atom stereocenters. The summed E-state index contributed by atoms with van der Waals surface area (Å²) in [5.74, 6) is 0. The number of rotatable bonds is 6. The van der Waals surface area contributed by atoms with Gasteiger partial charge in [-0.25, -0.2) is 0 Å². The van der Waals surface area contributed by atoms with Crippen LogP contribution in [0.2, 0.25) is 0 Å². The molecule has 0 unspecified atom stereocenters. The van der Waals surface area contributed by atoms with Crippen LogP contribution in [0.5, 0.6) is 0 Å². The normalized spacial score (nSPS) is 19.1. The molecular weight excluding hydrogens is 914 g/mol. The quantitative estimate of drug-likeness (QED) is 0.141. The molecular formula is C12F36MgP2. The first kappa shape index (κ1) is 54.5. The van der Waals surface area contributed by atoms with E-state index in [1.807, 2.05) is 0 Å². The van der Waals surface area contributed by atoms with Crippen LogP contribution in [0.4, 0.5) is 157 Å². The average Bonchev–Trinajstić information content (AvgIpc) is 2.74. The second-order valence-corrected chi connectivity index (χ2v) is 17.3. The van der Waals surface area contributed by atoms with Crippen LogP contribution in [0.1, 0.15) is 0 Å². The zero-order chi connectivity index (χ0) is 42.8. The van der Waals surface area contributed by atoms with Gasteiger partial charge in [-0.05, 0) is 0 Å². The molecule has 0 saturated carbocycles. The van der Waals surface area contributed by atoms with Gasteiger partial charge in [-0.2, -0.15) is 0 Å². The zero-order valence-corrected chi connectivity index (χ0v) is 24.4. The summed E-state index contributed by atoms with van der Waals surface area (Å²) in [6.45, 7) is -30.0. The van der Waals surface area contributed by atoms with Gasteiger partial charge in [0.15, 0.2) is 0 Å². The Hall–Kier alpha value is -0.894. The Labute approximate surface area is 265 Å². The summed E-state index contributed by atoms with van der Waals surface area (Å²) in [6, 6.07) is 0. The molecule has 0 spiro atoms. The fraction of sp³-hybridized carbons (Fsp3) is 1.00. The predicted molar refractivity (Wildman–Crippen MR) is 92.3 cm³/mol. The Morgan fingerprint density at radius 3 is 0.275 bits per heavy atom. The van der Waals surface area contributed by atoms with Gasteiger partial charge in [-0.1, -0.05) is 0 Å². The van der Waals surface area contributed by atoms with Gasteiger partial charge in [0.1, 0.15) is 0 Å². The first-order chi connectivity index (χ1) is 20.2. The van der Waals surface area contributed by atoms with Crippen molar-refractivity contribution in [1.82, 2.24) is 0 Å². The van der Waals surface area contributed by atoms with Crippen LogP contribution in [0.25, 0.3) is 0 Å². The fourth-order valence-electron chi connectivity index (χ4n) is 2.68. The minimum atomic E-state index is -15.0. The van der Waals surface area contributed by atoms with Gasteiger partial charge in [0.25, 0.3) is 0 Å². The Morgan fingerprint density at radius 2 is 0.235 bits per heavy atom. The first-order valence-corrected chi connectivity index (χ1v) is 14.2. The van der Waals surface area contributed by atoms with Crippen molar-refractivity contribution < 1.29 is 157 Å². The van der Waals surface area contributed by atoms with Gasteiger partial charge >= 0.3 is 265 Å². The van der Waals surface area contributed by atoms with Crippen molar-refractivity contribution in [2.75, 3.05) is 0 Å². The van der Waals surface area contributed by atoms with Crippen LogP contribution >= 0.6 is 13.8 Å². The predicted octanol–water partition coefficient (Wildman–Crippen LogP) is 14.0. The molecule has 0 saturated heterocycles. The van der Waals surface area contributed by atoms with Crippen LogP contribution in [0.15, 0.2) is 0 Å². The monoisotopic (exact) mass is 914 g/mol. The minimum Gasteiger partial charge on any atom is 2.00 e. The Bertz CT molecular complexity index is 1050. The van der Waals surface area contributed by atoms with E-state index >= 15 is 0 Å². The van der Waals surface area contributed by atoms with Gasteiger partial charge in [-0.15, -0.1) is 0 Å². The summed E-state index contributed by atoms with van der Waals surface area (Å²) in [5.41, 5.74) is -58.5. The van der Waals surface area contributed by atoms with Crippen molar-refractivity contribution in [1.29, 1.82) is 0 Å². The van der Waals surface area contributed by atoms with Crippen molar-refractivity contribution in [3.8, 4) is 0 Å². The van der Waals surface area contributed by atoms with E-state index in [4.69, 9.17) is 0 Å². The molecule has 312 valence electrons. The topological polar surface area (TPSA) is 0 Å². The molecule has 0 aromatic heterocycles. The third-order valence-corrected chi connectivity index (χ3v) is 14.4. The Morgan fingerprint density at radius 1 is 0.176 bits per heavy atom. The van der Waals surface area contributed by atoms with E-state index in [2.05, 4.69) is 0 Å². The minimum absolute atomic E-state index is 0. The van der Waals surface area contributed by atoms with Gasteiger partial charge in [0.2, 0.25) is 0 Å². The van der Waals surface area contributed by atoms with Crippen molar-refractivity contribution in [2.24, 2.45) is 0 Å². The molecule has 0 rings (SSSR count). The Balaban J connectivity index is -0.000000886. The molecule has 0 radical (unpaired) electrons. The third kappa shape index (κ3) is 5.32. The maximum Gasteiger partial charge on any atom is 2.00 e. The van der Waals surface area contributed by atoms with Crippen molar-refractivity contribution in [3.63, 3.8) is 0 Å². The molecule has 39 heteroatoms. The standard InChI is InChI=1S/2C6F18P.Mg/c2*7-1(8,9)4(16,17)25(22,23,24,5(18,19)2(10,11)12)6(20,21)3(13,14)15;/q2*-1;+2. The van der Waals surface area contributed by atoms with Crippen LogP contribution < -0.4 is 0 Å². The number of alkyl halides is 30. The molecule has 0 fully saturated rings. The van der Waals surface area contributed by atoms with Crippen molar-refractivity contribution >= 4 is 36.8 Å². The maximum absolute atomic E-state index is 15.0. The summed E-state index contributed by atoms with van der Waals surface area (Å²) in [7, 11) is 0. The van der Waals surface area contributed by atoms with E-state index < -0.39 is 84.8 Å². The van der Waals surface area contributed by atoms with Crippen LogP contribution in [-0.4, -0.2) is 94.1 Å². The second-order valence-electron chi connectivity index (χ2n) is 8.81. The number of hydrogen-bond donors (Lipinski definition) is 0. The molecule has 0 amide bonds. The summed E-state index contributed by atoms with van der Waals surface area (Å²) < 4.78 is 445. The van der Waals surface area contributed by atoms with E-state index in [1.54, 1.807) is 0 Å². The molecule has 0 nitrogen and oxygen atoms in total. The van der Waals surface area contributed by atoms with E-state index in [0.717, 1.165) is 0 Å². The molecule has 0 aliphatic heterocycles. The van der Waals surface area contributed by atoms with Gasteiger partial charge < -0.3 is 0 Å². The molecule has 0 aromatic carbocycles. The first-order valence-electron chi connectivity index (χ1n) is 9.53. The number of hydrogen-bond acceptors (Lipinski definition) is 0. The summed E-state index contributed by atoms with van der Waals surface area (Å²) in [6.07, 6.45) is -52.2. The fourth-order valence-corrected chi connectivity index (χ4v) is 8.04. The molecule has 0 heterocycles. The van der Waals surface area contributed by atoms with E-state index in [9.17, 15) is 157 Å². The van der Waals surface area contributed by atoms with Gasteiger partial charge in [0, 0.05) is 0 Å². The van der Waals surface area contributed by atoms with Crippen LogP contribution in [-0.2, 0) is 0 Å². The Kier molecular flexibility index (Phi) is 11.9. The SMILES string of the molecule is FC(F)(F)C(F)(F)[P-](F)(F)(F)(C(F)(F)C(F)(F)F)C(F)(F)C(F)(F)F.FC(F)(F)C(F)(F)[P-](F)(F)(F)(C(F)(F)C(F)(F)F)C(F)(F)C(F)(F)F.[Mg+2]. The molecule has 0 N–H and O–H groups in total. The molecule has 0 aromatic rings. The summed E-state index contributed by atoms with van der Waals surface area (Å²) in [4.78, 5) is 0. The maximum atomic E-state index is 13.4. The van der Waals surface area contributed by atoms with Gasteiger partial charge in [-0.3, -0.25) is 0 Å². The van der Waals surface area contributed by atoms with Crippen molar-refractivity contribution in [2.45, 2.75) is 71.0 Å². The summed E-state index contributed by atoms with van der Waals surface area (Å²) in [5, 5.41) is 0. The summed E-state index contributed by atoms with van der Waals surface area (Å²) >= 11 is 0. The third-order valence-electron chi connectivity index (χ3n) is 5.64. The molecule has 0 aliphatic carbocycles. The largest absolute Gasteiger partial charge is 2.00 e. The van der Waals surface area contributed by atoms with Crippen LogP contribution in [0.3, 0.4) is 0 Å². The van der Waals surface area contributed by atoms with E-state index in [1.165, 1.54) is 0 Å². The number of halogens is 36. The van der Waals surface area contributed by atoms with Crippen LogP contribution in [0, 0.1) is 0 Å². The zero-order valence-electron chi connectivity index (χ0n) is 21.2. The molecule has 0 aliphatic rings. The smallest absolute Gasteiger partial charge is 2.00 e. The van der Waals surface area contributed by atoms with E-state index in [-0.39, 0.29) is 23.1 Å². The molecule has 0 bridgehead atoms. The average molecular weight is 914 g/mol. The second kappa shape index (κ2) is 11.1. The van der Waals surface area contributed by atoms with E-state index in [0.29, 0.717) is 0 Å². The van der Waals surface area contributed by atoms with Crippen molar-refractivity contribution in [3.05, 3.63) is 0 Å². The van der Waals surface area contributed by atoms with Gasteiger partial charge in [0.05, 0.1) is 0 Å². The molecule has 51 heavy (non-hydrogen) atoms.